The van der Waals surface area contributed by atoms with Crippen LogP contribution >= 0.6 is 0 Å². The number of allylic oxidation sites excluding steroid dienone is 18. The molecule has 0 aromatic heterocycles. The first kappa shape index (κ1) is 55.1. The number of rotatable bonds is 40. The lowest BCUT2D eigenvalue weighted by Gasteiger charge is -2.18. The molecule has 0 spiro atoms. The molecule has 1 atom stereocenters. The van der Waals surface area contributed by atoms with Gasteiger partial charge in [0, 0.05) is 19.3 Å². The van der Waals surface area contributed by atoms with Gasteiger partial charge < -0.3 is 14.2 Å². The second-order valence-electron chi connectivity index (χ2n) is 14.9. The van der Waals surface area contributed by atoms with Gasteiger partial charge in [-0.1, -0.05) is 182 Å². The van der Waals surface area contributed by atoms with E-state index in [1.165, 1.54) is 38.5 Å². The lowest BCUT2D eigenvalue weighted by molar-refractivity contribution is -0.166. The van der Waals surface area contributed by atoms with Gasteiger partial charge >= 0.3 is 17.9 Å². The molecular weight excluding hydrogens is 733 g/mol. The van der Waals surface area contributed by atoms with E-state index in [0.717, 1.165) is 103 Å². The fraction of sp³-hybridized carbons (Fsp3) is 0.604. The lowest BCUT2D eigenvalue weighted by Crippen LogP contribution is -2.30. The highest BCUT2D eigenvalue weighted by molar-refractivity contribution is 5.71. The predicted molar refractivity (Wildman–Crippen MR) is 251 cm³/mol. The van der Waals surface area contributed by atoms with Crippen LogP contribution < -0.4 is 0 Å². The van der Waals surface area contributed by atoms with E-state index in [-0.39, 0.29) is 37.5 Å². The minimum atomic E-state index is -0.823. The summed E-state index contributed by atoms with van der Waals surface area (Å²) in [5.74, 6) is -1.05. The van der Waals surface area contributed by atoms with E-state index in [9.17, 15) is 14.4 Å². The predicted octanol–water partition coefficient (Wildman–Crippen LogP) is 15.2. The standard InChI is InChI=1S/C53H84O6/c1-4-7-10-13-16-19-22-24-26-27-29-31-34-37-40-43-46-52(55)58-49-50(48-57-51(54)45-42-39-36-33-30-21-18-15-12-9-6-3)59-53(56)47-44-41-38-35-32-28-25-23-20-17-14-11-8-5-2/h7-8,10-11,15-21,24,26,29-31,37,40,50H,4-6,9,12-14,22-23,25,27-28,32-36,38-39,41-49H2,1-3H3/b10-7-,11-8-,18-15-,19-16-,20-17-,26-24-,30-21-,31-29-,40-37-. The third-order valence-corrected chi connectivity index (χ3v) is 9.28. The van der Waals surface area contributed by atoms with Crippen molar-refractivity contribution >= 4 is 17.9 Å². The van der Waals surface area contributed by atoms with E-state index in [4.69, 9.17) is 14.2 Å². The van der Waals surface area contributed by atoms with Crippen LogP contribution in [0.25, 0.3) is 0 Å². The molecule has 0 amide bonds. The van der Waals surface area contributed by atoms with Crippen LogP contribution in [-0.2, 0) is 28.6 Å². The Morgan fingerprint density at radius 3 is 1.25 bits per heavy atom. The number of carbonyl (C=O) groups is 3. The summed E-state index contributed by atoms with van der Waals surface area (Å²) in [6.45, 7) is 6.24. The van der Waals surface area contributed by atoms with Gasteiger partial charge in [-0.15, -0.1) is 0 Å². The van der Waals surface area contributed by atoms with E-state index in [1.807, 2.05) is 12.2 Å². The smallest absolute Gasteiger partial charge is 0.306 e. The van der Waals surface area contributed by atoms with Crippen LogP contribution in [0.5, 0.6) is 0 Å². The molecule has 0 N–H and O–H groups in total. The van der Waals surface area contributed by atoms with Crippen LogP contribution in [-0.4, -0.2) is 37.2 Å². The Labute approximate surface area is 361 Å². The molecule has 59 heavy (non-hydrogen) atoms. The van der Waals surface area contributed by atoms with Crippen molar-refractivity contribution in [2.24, 2.45) is 0 Å². The number of esters is 3. The number of unbranched alkanes of at least 4 members (excludes halogenated alkanes) is 12. The molecule has 0 bridgehead atoms. The van der Waals surface area contributed by atoms with Gasteiger partial charge in [-0.05, 0) is 96.3 Å². The molecule has 6 heteroatoms. The SMILES string of the molecule is CC/C=C\C/C=C\C/C=C\C/C=C\C/C=C\CCC(=O)OCC(COC(=O)CCCCC/C=C\C=C/CCCC)OC(=O)CCCCCCCCC/C=C\C/C=C\CC. The van der Waals surface area contributed by atoms with E-state index >= 15 is 0 Å². The van der Waals surface area contributed by atoms with Gasteiger partial charge in [0.25, 0.3) is 0 Å². The van der Waals surface area contributed by atoms with Crippen molar-refractivity contribution in [3.63, 3.8) is 0 Å². The van der Waals surface area contributed by atoms with Gasteiger partial charge in [-0.25, -0.2) is 0 Å². The van der Waals surface area contributed by atoms with Gasteiger partial charge in [-0.3, -0.25) is 14.4 Å². The third kappa shape index (κ3) is 45.0. The number of hydrogen-bond donors (Lipinski definition) is 0. The summed E-state index contributed by atoms with van der Waals surface area (Å²) in [6.07, 6.45) is 62.3. The summed E-state index contributed by atoms with van der Waals surface area (Å²) >= 11 is 0. The molecule has 0 aliphatic rings. The average Bonchev–Trinajstić information content (AvgIpc) is 3.23. The molecule has 0 rings (SSSR count). The lowest BCUT2D eigenvalue weighted by atomic mass is 10.1. The highest BCUT2D eigenvalue weighted by atomic mass is 16.6. The first-order valence-electron chi connectivity index (χ1n) is 23.4. The molecule has 0 aliphatic carbocycles. The van der Waals surface area contributed by atoms with Gasteiger partial charge in [-0.2, -0.15) is 0 Å². The van der Waals surface area contributed by atoms with Crippen molar-refractivity contribution in [3.05, 3.63) is 109 Å². The Balaban J connectivity index is 4.55. The highest BCUT2D eigenvalue weighted by Crippen LogP contribution is 2.12. The van der Waals surface area contributed by atoms with E-state index in [2.05, 4.69) is 118 Å². The molecule has 0 fully saturated rings. The summed E-state index contributed by atoms with van der Waals surface area (Å²) in [5.41, 5.74) is 0. The van der Waals surface area contributed by atoms with Crippen molar-refractivity contribution in [1.29, 1.82) is 0 Å². The topological polar surface area (TPSA) is 78.9 Å². The first-order valence-corrected chi connectivity index (χ1v) is 23.4. The molecule has 0 radical (unpaired) electrons. The summed E-state index contributed by atoms with van der Waals surface area (Å²) in [6, 6.07) is 0. The Hall–Kier alpha value is -3.93. The zero-order chi connectivity index (χ0) is 43.0. The minimum Gasteiger partial charge on any atom is -0.462 e. The zero-order valence-electron chi connectivity index (χ0n) is 37.7. The van der Waals surface area contributed by atoms with Crippen LogP contribution in [0.1, 0.15) is 188 Å². The fourth-order valence-corrected chi connectivity index (χ4v) is 5.80. The van der Waals surface area contributed by atoms with Gasteiger partial charge in [0.15, 0.2) is 6.10 Å². The maximum atomic E-state index is 12.7. The largest absolute Gasteiger partial charge is 0.462 e. The number of ether oxygens (including phenoxy) is 3. The Kier molecular flexibility index (Phi) is 43.6. The Bertz CT molecular complexity index is 1260. The van der Waals surface area contributed by atoms with Crippen molar-refractivity contribution in [2.45, 2.75) is 194 Å². The van der Waals surface area contributed by atoms with Gasteiger partial charge in [0.05, 0.1) is 0 Å². The minimum absolute atomic E-state index is 0.121. The molecule has 1 unspecified atom stereocenters. The van der Waals surface area contributed by atoms with Crippen LogP contribution in [0, 0.1) is 0 Å². The third-order valence-electron chi connectivity index (χ3n) is 9.28. The Morgan fingerprint density at radius 2 is 0.746 bits per heavy atom. The molecule has 0 heterocycles. The summed E-state index contributed by atoms with van der Waals surface area (Å²) in [7, 11) is 0. The highest BCUT2D eigenvalue weighted by Gasteiger charge is 2.19. The maximum absolute atomic E-state index is 12.7. The fourth-order valence-electron chi connectivity index (χ4n) is 5.80. The normalized spacial score (nSPS) is 13.1. The number of hydrogen-bond acceptors (Lipinski definition) is 6. The monoisotopic (exact) mass is 817 g/mol. The summed E-state index contributed by atoms with van der Waals surface area (Å²) in [4.78, 5) is 37.8. The molecule has 0 saturated carbocycles. The molecule has 0 aromatic rings. The second kappa shape index (κ2) is 46.8. The summed E-state index contributed by atoms with van der Waals surface area (Å²) < 4.78 is 16.6. The van der Waals surface area contributed by atoms with Gasteiger partial charge in [0.1, 0.15) is 13.2 Å². The zero-order valence-corrected chi connectivity index (χ0v) is 37.7. The second-order valence-corrected chi connectivity index (χ2v) is 14.9. The average molecular weight is 817 g/mol. The van der Waals surface area contributed by atoms with E-state index < -0.39 is 6.10 Å². The van der Waals surface area contributed by atoms with Crippen LogP contribution in [0.2, 0.25) is 0 Å². The van der Waals surface area contributed by atoms with Crippen LogP contribution in [0.3, 0.4) is 0 Å². The van der Waals surface area contributed by atoms with Crippen LogP contribution in [0.4, 0.5) is 0 Å². The van der Waals surface area contributed by atoms with Crippen molar-refractivity contribution in [3.8, 4) is 0 Å². The van der Waals surface area contributed by atoms with E-state index in [0.29, 0.717) is 19.3 Å². The molecule has 0 aromatic carbocycles. The van der Waals surface area contributed by atoms with Crippen molar-refractivity contribution in [2.75, 3.05) is 13.2 Å². The number of carbonyl (C=O) groups excluding carboxylic acids is 3. The molecule has 0 saturated heterocycles. The Morgan fingerprint density at radius 1 is 0.373 bits per heavy atom. The van der Waals surface area contributed by atoms with Gasteiger partial charge in [0.2, 0.25) is 0 Å². The van der Waals surface area contributed by atoms with E-state index in [1.54, 1.807) is 0 Å². The summed E-state index contributed by atoms with van der Waals surface area (Å²) in [5, 5.41) is 0. The van der Waals surface area contributed by atoms with Crippen molar-refractivity contribution < 1.29 is 28.6 Å². The maximum Gasteiger partial charge on any atom is 0.306 e. The first-order chi connectivity index (χ1) is 29.0. The molecule has 332 valence electrons. The van der Waals surface area contributed by atoms with Crippen LogP contribution in [0.15, 0.2) is 109 Å². The molecule has 0 aliphatic heterocycles. The quantitative estimate of drug-likeness (QED) is 0.0201. The molecule has 6 nitrogen and oxygen atoms in total. The van der Waals surface area contributed by atoms with Crippen molar-refractivity contribution in [1.82, 2.24) is 0 Å². The molecular formula is C53H84O6.